The number of thiocarbonyl (C=S) groups is 1. The van der Waals surface area contributed by atoms with Crippen LogP contribution in [0.4, 0.5) is 5.69 Å². The zero-order valence-corrected chi connectivity index (χ0v) is 17.1. The molecule has 1 aliphatic heterocycles. The lowest BCUT2D eigenvalue weighted by Gasteiger charge is -2.14. The molecule has 0 spiro atoms. The molecule has 3 rings (SSSR count). The number of aromatic hydroxyl groups is 1. The van der Waals surface area contributed by atoms with Gasteiger partial charge in [-0.05, 0) is 54.5 Å². The van der Waals surface area contributed by atoms with Crippen molar-refractivity contribution in [2.75, 3.05) is 11.9 Å². The van der Waals surface area contributed by atoms with Crippen LogP contribution in [0.1, 0.15) is 18.4 Å². The van der Waals surface area contributed by atoms with Gasteiger partial charge < -0.3 is 10.4 Å². The predicted molar refractivity (Wildman–Crippen MR) is 117 cm³/mol. The second kappa shape index (κ2) is 9.23. The van der Waals surface area contributed by atoms with Crippen LogP contribution in [-0.4, -0.2) is 32.7 Å². The minimum Gasteiger partial charge on any atom is -0.508 e. The van der Waals surface area contributed by atoms with E-state index in [1.54, 1.807) is 54.6 Å². The van der Waals surface area contributed by atoms with Crippen molar-refractivity contribution in [1.29, 1.82) is 0 Å². The smallest absolute Gasteiger partial charge is 0.266 e. The Labute approximate surface area is 177 Å². The number of amides is 2. The molecule has 8 heteroatoms. The number of hydrogen-bond donors (Lipinski definition) is 2. The van der Waals surface area contributed by atoms with Gasteiger partial charge in [-0.2, -0.15) is 0 Å². The predicted octanol–water partition coefficient (Wildman–Crippen LogP) is 4.67. The number of thioether (sulfide) groups is 1. The zero-order valence-electron chi connectivity index (χ0n) is 14.7. The molecule has 2 amide bonds. The summed E-state index contributed by atoms with van der Waals surface area (Å²) in [5, 5.41) is 12.7. The van der Waals surface area contributed by atoms with Crippen LogP contribution in [0.5, 0.6) is 5.75 Å². The van der Waals surface area contributed by atoms with E-state index in [4.69, 9.17) is 23.8 Å². The Morgan fingerprint density at radius 2 is 1.86 bits per heavy atom. The Balaban J connectivity index is 1.52. The van der Waals surface area contributed by atoms with Crippen molar-refractivity contribution >= 4 is 63.5 Å². The molecule has 2 N–H and O–H groups in total. The maximum atomic E-state index is 12.6. The highest BCUT2D eigenvalue weighted by Crippen LogP contribution is 2.32. The first-order valence-electron chi connectivity index (χ1n) is 8.52. The van der Waals surface area contributed by atoms with Gasteiger partial charge in [-0.1, -0.05) is 47.7 Å². The Hall–Kier alpha value is -2.35. The topological polar surface area (TPSA) is 69.6 Å². The van der Waals surface area contributed by atoms with E-state index in [-0.39, 0.29) is 24.0 Å². The molecule has 1 saturated heterocycles. The third-order valence-corrected chi connectivity index (χ3v) is 5.61. The molecule has 2 aromatic rings. The SMILES string of the molecule is O=C(CCCN1C(=O)/C(=C/c2ccc(O)cc2)SC1=S)Nc1ccc(Cl)cc1. The van der Waals surface area contributed by atoms with E-state index in [2.05, 4.69) is 5.32 Å². The van der Waals surface area contributed by atoms with Gasteiger partial charge in [0.05, 0.1) is 4.91 Å². The Morgan fingerprint density at radius 1 is 1.18 bits per heavy atom. The van der Waals surface area contributed by atoms with Gasteiger partial charge in [0, 0.05) is 23.7 Å². The maximum absolute atomic E-state index is 12.6. The molecule has 0 unspecified atom stereocenters. The van der Waals surface area contributed by atoms with Gasteiger partial charge in [0.1, 0.15) is 10.1 Å². The summed E-state index contributed by atoms with van der Waals surface area (Å²) in [7, 11) is 0. The molecule has 0 atom stereocenters. The lowest BCUT2D eigenvalue weighted by molar-refractivity contribution is -0.122. The average Bonchev–Trinajstić information content (AvgIpc) is 2.93. The minimum atomic E-state index is -0.166. The summed E-state index contributed by atoms with van der Waals surface area (Å²) in [6.07, 6.45) is 2.51. The number of rotatable bonds is 6. The van der Waals surface area contributed by atoms with Crippen molar-refractivity contribution in [3.8, 4) is 5.75 Å². The van der Waals surface area contributed by atoms with Crippen LogP contribution in [0, 0.1) is 0 Å². The zero-order chi connectivity index (χ0) is 20.1. The van der Waals surface area contributed by atoms with Crippen LogP contribution < -0.4 is 5.32 Å². The first-order valence-corrected chi connectivity index (χ1v) is 10.1. The van der Waals surface area contributed by atoms with Crippen LogP contribution in [0.25, 0.3) is 6.08 Å². The number of benzene rings is 2. The summed E-state index contributed by atoms with van der Waals surface area (Å²) >= 11 is 12.4. The standard InChI is InChI=1S/C20H17ClN2O3S2/c21-14-5-7-15(8-6-14)22-18(25)2-1-11-23-19(26)17(28-20(23)27)12-13-3-9-16(24)10-4-13/h3-10,12,24H,1-2,11H2,(H,22,25)/b17-12-. The molecule has 144 valence electrons. The van der Waals surface area contributed by atoms with E-state index in [9.17, 15) is 14.7 Å². The van der Waals surface area contributed by atoms with Crippen molar-refractivity contribution in [3.05, 3.63) is 64.0 Å². The lowest BCUT2D eigenvalue weighted by Crippen LogP contribution is -2.29. The average molecular weight is 433 g/mol. The quantitative estimate of drug-likeness (QED) is 0.513. The summed E-state index contributed by atoms with van der Waals surface area (Å²) < 4.78 is 0.480. The number of nitrogens with zero attached hydrogens (tertiary/aromatic N) is 1. The molecular weight excluding hydrogens is 416 g/mol. The number of phenolic OH excluding ortho intramolecular Hbond substituents is 1. The highest BCUT2D eigenvalue weighted by molar-refractivity contribution is 8.26. The Kier molecular flexibility index (Phi) is 6.72. The largest absolute Gasteiger partial charge is 0.508 e. The molecular formula is C20H17ClN2O3S2. The van der Waals surface area contributed by atoms with Crippen molar-refractivity contribution in [2.45, 2.75) is 12.8 Å². The van der Waals surface area contributed by atoms with E-state index < -0.39 is 0 Å². The van der Waals surface area contributed by atoms with Crippen molar-refractivity contribution in [2.24, 2.45) is 0 Å². The molecule has 28 heavy (non-hydrogen) atoms. The van der Waals surface area contributed by atoms with E-state index in [0.717, 1.165) is 5.56 Å². The number of carbonyl (C=O) groups excluding carboxylic acids is 2. The third kappa shape index (κ3) is 5.34. The van der Waals surface area contributed by atoms with Crippen LogP contribution in [0.2, 0.25) is 5.02 Å². The Morgan fingerprint density at radius 3 is 2.54 bits per heavy atom. The van der Waals surface area contributed by atoms with Crippen LogP contribution >= 0.6 is 35.6 Å². The molecule has 0 aliphatic carbocycles. The fraction of sp³-hybridized carbons (Fsp3) is 0.150. The second-order valence-electron chi connectivity index (χ2n) is 6.08. The number of phenols is 1. The van der Waals surface area contributed by atoms with Gasteiger partial charge in [0.2, 0.25) is 5.91 Å². The first-order chi connectivity index (χ1) is 13.4. The number of carbonyl (C=O) groups is 2. The lowest BCUT2D eigenvalue weighted by atomic mass is 10.2. The first kappa shape index (κ1) is 20.4. The second-order valence-corrected chi connectivity index (χ2v) is 8.20. The van der Waals surface area contributed by atoms with E-state index >= 15 is 0 Å². The summed E-state index contributed by atoms with van der Waals surface area (Å²) in [6.45, 7) is 0.381. The number of nitrogens with one attached hydrogen (secondary N) is 1. The number of halogens is 1. The molecule has 1 aliphatic rings. The third-order valence-electron chi connectivity index (χ3n) is 3.98. The van der Waals surface area contributed by atoms with Crippen molar-refractivity contribution in [3.63, 3.8) is 0 Å². The molecule has 0 radical (unpaired) electrons. The van der Waals surface area contributed by atoms with Gasteiger partial charge in [-0.3, -0.25) is 14.5 Å². The fourth-order valence-corrected chi connectivity index (χ4v) is 4.00. The van der Waals surface area contributed by atoms with Crippen LogP contribution in [0.3, 0.4) is 0 Å². The molecule has 2 aromatic carbocycles. The van der Waals surface area contributed by atoms with E-state index in [1.807, 2.05) is 0 Å². The van der Waals surface area contributed by atoms with Gasteiger partial charge in [0.25, 0.3) is 5.91 Å². The Bertz CT molecular complexity index is 927. The van der Waals surface area contributed by atoms with Gasteiger partial charge in [-0.15, -0.1) is 0 Å². The minimum absolute atomic E-state index is 0.132. The van der Waals surface area contributed by atoms with Crippen LogP contribution in [0.15, 0.2) is 53.4 Å². The van der Waals surface area contributed by atoms with Crippen molar-refractivity contribution in [1.82, 2.24) is 4.90 Å². The summed E-state index contributed by atoms with van der Waals surface area (Å²) in [5.41, 5.74) is 1.48. The van der Waals surface area contributed by atoms with E-state index in [0.29, 0.717) is 32.9 Å². The molecule has 5 nitrogen and oxygen atoms in total. The van der Waals surface area contributed by atoms with E-state index in [1.165, 1.54) is 16.7 Å². The normalized spacial score (nSPS) is 15.3. The molecule has 0 bridgehead atoms. The number of hydrogen-bond acceptors (Lipinski definition) is 5. The summed E-state index contributed by atoms with van der Waals surface area (Å²) in [4.78, 5) is 26.7. The highest BCUT2D eigenvalue weighted by atomic mass is 35.5. The molecule has 1 fully saturated rings. The summed E-state index contributed by atoms with van der Waals surface area (Å²) in [6, 6.07) is 13.5. The number of anilines is 1. The molecule has 0 aromatic heterocycles. The maximum Gasteiger partial charge on any atom is 0.266 e. The van der Waals surface area contributed by atoms with Crippen LogP contribution in [-0.2, 0) is 9.59 Å². The monoisotopic (exact) mass is 432 g/mol. The molecule has 1 heterocycles. The van der Waals surface area contributed by atoms with Gasteiger partial charge in [0.15, 0.2) is 0 Å². The highest BCUT2D eigenvalue weighted by Gasteiger charge is 2.31. The summed E-state index contributed by atoms with van der Waals surface area (Å²) in [5.74, 6) is -0.129. The fourth-order valence-electron chi connectivity index (χ4n) is 2.57. The van der Waals surface area contributed by atoms with Gasteiger partial charge >= 0.3 is 0 Å². The molecule has 0 saturated carbocycles. The van der Waals surface area contributed by atoms with Crippen molar-refractivity contribution < 1.29 is 14.7 Å². The van der Waals surface area contributed by atoms with Gasteiger partial charge in [-0.25, -0.2) is 0 Å².